The highest BCUT2D eigenvalue weighted by Gasteiger charge is 2.25. The van der Waals surface area contributed by atoms with Gasteiger partial charge in [-0.3, -0.25) is 4.90 Å². The molecule has 5 heteroatoms. The van der Waals surface area contributed by atoms with E-state index in [1.807, 2.05) is 0 Å². The number of carboxylic acids is 1. The Morgan fingerprint density at radius 3 is 2.71 bits per heavy atom. The lowest BCUT2D eigenvalue weighted by Crippen LogP contribution is -2.42. The lowest BCUT2D eigenvalue weighted by molar-refractivity contribution is 0.0690. The highest BCUT2D eigenvalue weighted by atomic mass is 32.1. The number of aromatic carboxylic acids is 1. The fourth-order valence-corrected chi connectivity index (χ4v) is 3.20. The van der Waals surface area contributed by atoms with Gasteiger partial charge in [0, 0.05) is 17.5 Å². The van der Waals surface area contributed by atoms with Crippen molar-refractivity contribution >= 4 is 17.3 Å². The second kappa shape index (κ2) is 5.14. The van der Waals surface area contributed by atoms with Crippen LogP contribution in [0.2, 0.25) is 0 Å². The minimum absolute atomic E-state index is 0.169. The molecule has 2 unspecified atom stereocenters. The van der Waals surface area contributed by atoms with Gasteiger partial charge in [-0.1, -0.05) is 6.42 Å². The van der Waals surface area contributed by atoms with Gasteiger partial charge in [-0.25, -0.2) is 9.78 Å². The molecule has 1 saturated heterocycles. The molecule has 1 N–H and O–H groups in total. The number of piperidine rings is 1. The van der Waals surface area contributed by atoms with Gasteiger partial charge in [0.1, 0.15) is 5.01 Å². The standard InChI is InChI=1S/C12H18N2O2S/c1-8-4-3-5-9(2)14(8)6-11-13-10(7-17-11)12(15)16/h7-9H,3-6H2,1-2H3,(H,15,16). The first-order valence-electron chi connectivity index (χ1n) is 6.01. The van der Waals surface area contributed by atoms with E-state index >= 15 is 0 Å². The largest absolute Gasteiger partial charge is 0.476 e. The van der Waals surface area contributed by atoms with Gasteiger partial charge in [-0.05, 0) is 26.7 Å². The summed E-state index contributed by atoms with van der Waals surface area (Å²) in [6.07, 6.45) is 3.74. The number of carboxylic acid groups (broad SMARTS) is 1. The number of hydrogen-bond donors (Lipinski definition) is 1. The molecule has 17 heavy (non-hydrogen) atoms. The smallest absolute Gasteiger partial charge is 0.355 e. The van der Waals surface area contributed by atoms with Crippen molar-refractivity contribution in [3.05, 3.63) is 16.1 Å². The Bertz CT molecular complexity index is 395. The molecule has 1 aromatic heterocycles. The first-order chi connectivity index (χ1) is 8.08. The van der Waals surface area contributed by atoms with Crippen LogP contribution in [0.25, 0.3) is 0 Å². The Kier molecular flexibility index (Phi) is 3.79. The summed E-state index contributed by atoms with van der Waals surface area (Å²) in [5.74, 6) is -0.938. The first-order valence-corrected chi connectivity index (χ1v) is 6.89. The molecular weight excluding hydrogens is 236 g/mol. The third kappa shape index (κ3) is 2.84. The molecular formula is C12H18N2O2S. The summed E-state index contributed by atoms with van der Waals surface area (Å²) in [5.41, 5.74) is 0.169. The van der Waals surface area contributed by atoms with E-state index in [0.29, 0.717) is 12.1 Å². The quantitative estimate of drug-likeness (QED) is 0.901. The average Bonchev–Trinajstić information content (AvgIpc) is 2.72. The minimum Gasteiger partial charge on any atom is -0.476 e. The van der Waals surface area contributed by atoms with Gasteiger partial charge in [0.2, 0.25) is 0 Å². The third-order valence-electron chi connectivity index (χ3n) is 3.46. The maximum Gasteiger partial charge on any atom is 0.355 e. The summed E-state index contributed by atoms with van der Waals surface area (Å²) in [7, 11) is 0. The zero-order valence-electron chi connectivity index (χ0n) is 10.2. The number of likely N-dealkylation sites (tertiary alicyclic amines) is 1. The van der Waals surface area contributed by atoms with Crippen LogP contribution < -0.4 is 0 Å². The van der Waals surface area contributed by atoms with E-state index in [9.17, 15) is 4.79 Å². The second-order valence-corrected chi connectivity index (χ2v) is 5.68. The molecule has 2 rings (SSSR count). The van der Waals surface area contributed by atoms with Crippen molar-refractivity contribution in [3.8, 4) is 0 Å². The van der Waals surface area contributed by atoms with Crippen LogP contribution in [0.3, 0.4) is 0 Å². The number of carbonyl (C=O) groups is 1. The topological polar surface area (TPSA) is 53.4 Å². The molecule has 2 atom stereocenters. The molecule has 94 valence electrons. The summed E-state index contributed by atoms with van der Waals surface area (Å²) in [6.45, 7) is 5.25. The SMILES string of the molecule is CC1CCCC(C)N1Cc1nc(C(=O)O)cs1. The van der Waals surface area contributed by atoms with Crippen molar-refractivity contribution in [3.63, 3.8) is 0 Å². The molecule has 2 heterocycles. The molecule has 1 aromatic rings. The van der Waals surface area contributed by atoms with Crippen molar-refractivity contribution in [1.82, 2.24) is 9.88 Å². The van der Waals surface area contributed by atoms with E-state index in [0.717, 1.165) is 11.6 Å². The van der Waals surface area contributed by atoms with Gasteiger partial charge in [0.15, 0.2) is 5.69 Å². The number of nitrogens with zero attached hydrogens (tertiary/aromatic N) is 2. The lowest BCUT2D eigenvalue weighted by atomic mass is 9.98. The Labute approximate surface area is 105 Å². The van der Waals surface area contributed by atoms with Gasteiger partial charge >= 0.3 is 5.97 Å². The summed E-state index contributed by atoms with van der Waals surface area (Å²) in [4.78, 5) is 17.3. The van der Waals surface area contributed by atoms with E-state index < -0.39 is 5.97 Å². The van der Waals surface area contributed by atoms with Crippen LogP contribution in [0.5, 0.6) is 0 Å². The van der Waals surface area contributed by atoms with Gasteiger partial charge in [-0.2, -0.15) is 0 Å². The molecule has 0 amide bonds. The minimum atomic E-state index is -0.938. The molecule has 0 bridgehead atoms. The predicted octanol–water partition coefficient (Wildman–Crippen LogP) is 2.60. The van der Waals surface area contributed by atoms with E-state index in [4.69, 9.17) is 5.11 Å². The van der Waals surface area contributed by atoms with Crippen LogP contribution in [0.1, 0.15) is 48.6 Å². The summed E-state index contributed by atoms with van der Waals surface area (Å²) in [6, 6.07) is 1.13. The molecule has 4 nitrogen and oxygen atoms in total. The van der Waals surface area contributed by atoms with Crippen LogP contribution in [0, 0.1) is 0 Å². The first kappa shape index (κ1) is 12.5. The Hall–Kier alpha value is -0.940. The summed E-state index contributed by atoms with van der Waals surface area (Å²) < 4.78 is 0. The second-order valence-electron chi connectivity index (χ2n) is 4.73. The van der Waals surface area contributed by atoms with Crippen molar-refractivity contribution in [2.75, 3.05) is 0 Å². The van der Waals surface area contributed by atoms with Crippen molar-refractivity contribution in [2.24, 2.45) is 0 Å². The van der Waals surface area contributed by atoms with Gasteiger partial charge in [0.25, 0.3) is 0 Å². The molecule has 1 aliphatic heterocycles. The maximum atomic E-state index is 10.8. The monoisotopic (exact) mass is 254 g/mol. The molecule has 1 aliphatic rings. The maximum absolute atomic E-state index is 10.8. The van der Waals surface area contributed by atoms with Crippen LogP contribution in [-0.2, 0) is 6.54 Å². The zero-order chi connectivity index (χ0) is 12.4. The highest BCUT2D eigenvalue weighted by molar-refractivity contribution is 7.09. The fraction of sp³-hybridized carbons (Fsp3) is 0.667. The average molecular weight is 254 g/mol. The van der Waals surface area contributed by atoms with E-state index in [1.54, 1.807) is 5.38 Å². The number of hydrogen-bond acceptors (Lipinski definition) is 4. The van der Waals surface area contributed by atoms with Gasteiger partial charge in [-0.15, -0.1) is 11.3 Å². The summed E-state index contributed by atoms with van der Waals surface area (Å²) >= 11 is 1.44. The van der Waals surface area contributed by atoms with Crippen LogP contribution in [0.4, 0.5) is 0 Å². The van der Waals surface area contributed by atoms with E-state index in [1.165, 1.54) is 30.6 Å². The Balaban J connectivity index is 2.05. The predicted molar refractivity (Wildman–Crippen MR) is 67.4 cm³/mol. The number of thiazole rings is 1. The van der Waals surface area contributed by atoms with Crippen LogP contribution in [-0.4, -0.2) is 33.0 Å². The van der Waals surface area contributed by atoms with Crippen molar-refractivity contribution in [2.45, 2.75) is 51.7 Å². The molecule has 0 saturated carbocycles. The van der Waals surface area contributed by atoms with Crippen LogP contribution >= 0.6 is 11.3 Å². The highest BCUT2D eigenvalue weighted by Crippen LogP contribution is 2.25. The van der Waals surface area contributed by atoms with Gasteiger partial charge in [0.05, 0.1) is 6.54 Å². The molecule has 0 aromatic carbocycles. The van der Waals surface area contributed by atoms with Gasteiger partial charge < -0.3 is 5.11 Å². The molecule has 0 radical (unpaired) electrons. The number of rotatable bonds is 3. The lowest BCUT2D eigenvalue weighted by Gasteiger charge is -2.38. The zero-order valence-corrected chi connectivity index (χ0v) is 11.0. The Morgan fingerprint density at radius 2 is 2.18 bits per heavy atom. The third-order valence-corrected chi connectivity index (χ3v) is 4.30. The van der Waals surface area contributed by atoms with Crippen LogP contribution in [0.15, 0.2) is 5.38 Å². The van der Waals surface area contributed by atoms with E-state index in [-0.39, 0.29) is 5.69 Å². The molecule has 0 aliphatic carbocycles. The van der Waals surface area contributed by atoms with Crippen molar-refractivity contribution < 1.29 is 9.90 Å². The normalized spacial score (nSPS) is 26.0. The summed E-state index contributed by atoms with van der Waals surface area (Å²) in [5, 5.41) is 11.4. The molecule has 1 fully saturated rings. The van der Waals surface area contributed by atoms with Crippen molar-refractivity contribution in [1.29, 1.82) is 0 Å². The molecule has 0 spiro atoms. The number of aromatic nitrogens is 1. The fourth-order valence-electron chi connectivity index (χ4n) is 2.42. The van der Waals surface area contributed by atoms with E-state index in [2.05, 4.69) is 23.7 Å². The Morgan fingerprint density at radius 1 is 1.53 bits per heavy atom.